The summed E-state index contributed by atoms with van der Waals surface area (Å²) in [6.07, 6.45) is 1.90. The van der Waals surface area contributed by atoms with Crippen LogP contribution in [0.25, 0.3) is 0 Å². The summed E-state index contributed by atoms with van der Waals surface area (Å²) in [4.78, 5) is 16.1. The maximum Gasteiger partial charge on any atom is 0.254 e. The van der Waals surface area contributed by atoms with Crippen molar-refractivity contribution in [3.8, 4) is 0 Å². The van der Waals surface area contributed by atoms with E-state index in [9.17, 15) is 4.79 Å². The number of fused-ring (bicyclic) bond motifs is 1. The highest BCUT2D eigenvalue weighted by Gasteiger charge is 2.30. The van der Waals surface area contributed by atoms with Gasteiger partial charge in [-0.2, -0.15) is 0 Å². The Morgan fingerprint density at radius 2 is 2.30 bits per heavy atom. The van der Waals surface area contributed by atoms with Gasteiger partial charge in [0, 0.05) is 22.7 Å². The predicted octanol–water partition coefficient (Wildman–Crippen LogP) is 3.48. The van der Waals surface area contributed by atoms with Gasteiger partial charge in [-0.05, 0) is 48.1 Å². The molecule has 104 valence electrons. The Morgan fingerprint density at radius 3 is 3.05 bits per heavy atom. The number of carbonyl (C=O) groups excluding carboxylic acids is 1. The number of carbonyl (C=O) groups is 1. The Labute approximate surface area is 123 Å². The molecule has 1 aromatic carbocycles. The first-order chi connectivity index (χ1) is 9.70. The first-order valence-electron chi connectivity index (χ1n) is 6.93. The highest BCUT2D eigenvalue weighted by Crippen LogP contribution is 2.36. The van der Waals surface area contributed by atoms with E-state index in [4.69, 9.17) is 5.73 Å². The van der Waals surface area contributed by atoms with Crippen molar-refractivity contribution >= 4 is 22.9 Å². The minimum atomic E-state index is 0.0843. The molecule has 0 spiro atoms. The Hall–Kier alpha value is -1.81. The number of nitrogens with two attached hydrogens (primary N) is 1. The van der Waals surface area contributed by atoms with Crippen LogP contribution in [0.3, 0.4) is 0 Å². The maximum absolute atomic E-state index is 12.7. The number of nitrogen functional groups attached to an aromatic ring is 1. The molecule has 0 fully saturated rings. The van der Waals surface area contributed by atoms with Crippen LogP contribution < -0.4 is 5.73 Å². The SMILES string of the molecule is CCC1c2ccsc2CCN1C(=O)c1cccc(N)c1. The summed E-state index contributed by atoms with van der Waals surface area (Å²) < 4.78 is 0. The Kier molecular flexibility index (Phi) is 3.49. The van der Waals surface area contributed by atoms with Crippen molar-refractivity contribution in [2.75, 3.05) is 12.3 Å². The van der Waals surface area contributed by atoms with Crippen molar-refractivity contribution in [2.24, 2.45) is 0 Å². The summed E-state index contributed by atoms with van der Waals surface area (Å²) in [6, 6.07) is 9.60. The largest absolute Gasteiger partial charge is 0.399 e. The fraction of sp³-hybridized carbons (Fsp3) is 0.312. The van der Waals surface area contributed by atoms with Gasteiger partial charge in [-0.3, -0.25) is 4.79 Å². The maximum atomic E-state index is 12.7. The first-order valence-corrected chi connectivity index (χ1v) is 7.81. The molecule has 1 aromatic heterocycles. The molecule has 0 bridgehead atoms. The van der Waals surface area contributed by atoms with Crippen LogP contribution >= 0.6 is 11.3 Å². The van der Waals surface area contributed by atoms with E-state index in [1.807, 2.05) is 17.0 Å². The average molecular weight is 286 g/mol. The molecule has 1 aliphatic heterocycles. The van der Waals surface area contributed by atoms with E-state index in [2.05, 4.69) is 18.4 Å². The quantitative estimate of drug-likeness (QED) is 0.859. The summed E-state index contributed by atoms with van der Waals surface area (Å²) in [7, 11) is 0. The van der Waals surface area contributed by atoms with Crippen molar-refractivity contribution in [2.45, 2.75) is 25.8 Å². The zero-order valence-corrected chi connectivity index (χ0v) is 12.3. The topological polar surface area (TPSA) is 46.3 Å². The molecule has 1 unspecified atom stereocenters. The molecule has 0 saturated carbocycles. The normalized spacial score (nSPS) is 17.9. The van der Waals surface area contributed by atoms with Crippen LogP contribution in [0.1, 0.15) is 40.2 Å². The standard InChI is InChI=1S/C16H18N2OS/c1-2-14-13-7-9-20-15(13)6-8-18(14)16(19)11-4-3-5-12(17)10-11/h3-5,7,9-10,14H,2,6,8,17H2,1H3. The lowest BCUT2D eigenvalue weighted by atomic mass is 9.97. The molecule has 3 rings (SSSR count). The van der Waals surface area contributed by atoms with Crippen LogP contribution in [-0.4, -0.2) is 17.4 Å². The molecule has 20 heavy (non-hydrogen) atoms. The van der Waals surface area contributed by atoms with E-state index in [1.165, 1.54) is 10.4 Å². The number of amides is 1. The van der Waals surface area contributed by atoms with Gasteiger partial charge >= 0.3 is 0 Å². The fourth-order valence-corrected chi connectivity index (χ4v) is 3.85. The van der Waals surface area contributed by atoms with Crippen LogP contribution in [0, 0.1) is 0 Å². The van der Waals surface area contributed by atoms with Gasteiger partial charge in [0.05, 0.1) is 6.04 Å². The number of hydrogen-bond donors (Lipinski definition) is 1. The molecule has 0 radical (unpaired) electrons. The molecule has 0 saturated heterocycles. The first kappa shape index (κ1) is 13.2. The number of benzene rings is 1. The molecule has 1 aliphatic rings. The van der Waals surface area contributed by atoms with Gasteiger partial charge in [-0.1, -0.05) is 13.0 Å². The summed E-state index contributed by atoms with van der Waals surface area (Å²) in [6.45, 7) is 2.93. The molecule has 4 heteroatoms. The summed E-state index contributed by atoms with van der Waals surface area (Å²) in [5.41, 5.74) is 8.42. The van der Waals surface area contributed by atoms with Gasteiger partial charge in [0.15, 0.2) is 0 Å². The Bertz CT molecular complexity index is 635. The lowest BCUT2D eigenvalue weighted by Gasteiger charge is -2.35. The van der Waals surface area contributed by atoms with Crippen LogP contribution in [0.15, 0.2) is 35.7 Å². The number of rotatable bonds is 2. The predicted molar refractivity (Wildman–Crippen MR) is 82.9 cm³/mol. The molecule has 1 atom stereocenters. The van der Waals surface area contributed by atoms with E-state index < -0.39 is 0 Å². The van der Waals surface area contributed by atoms with Crippen LogP contribution in [0.4, 0.5) is 5.69 Å². The zero-order chi connectivity index (χ0) is 14.1. The minimum absolute atomic E-state index is 0.0843. The third-order valence-electron chi connectivity index (χ3n) is 3.88. The zero-order valence-electron chi connectivity index (χ0n) is 11.5. The number of hydrogen-bond acceptors (Lipinski definition) is 3. The smallest absolute Gasteiger partial charge is 0.254 e. The molecule has 2 aromatic rings. The second kappa shape index (κ2) is 5.29. The molecule has 2 N–H and O–H groups in total. The van der Waals surface area contributed by atoms with Crippen molar-refractivity contribution in [3.63, 3.8) is 0 Å². The third kappa shape index (κ3) is 2.20. The van der Waals surface area contributed by atoms with E-state index in [-0.39, 0.29) is 11.9 Å². The van der Waals surface area contributed by atoms with Gasteiger partial charge < -0.3 is 10.6 Å². The summed E-state index contributed by atoms with van der Waals surface area (Å²) >= 11 is 1.80. The highest BCUT2D eigenvalue weighted by atomic mass is 32.1. The monoisotopic (exact) mass is 286 g/mol. The minimum Gasteiger partial charge on any atom is -0.399 e. The lowest BCUT2D eigenvalue weighted by molar-refractivity contribution is 0.0657. The van der Waals surface area contributed by atoms with E-state index >= 15 is 0 Å². The molecule has 1 amide bonds. The number of nitrogens with zero attached hydrogens (tertiary/aromatic N) is 1. The van der Waals surface area contributed by atoms with Crippen LogP contribution in [-0.2, 0) is 6.42 Å². The second-order valence-corrected chi connectivity index (χ2v) is 6.10. The molecular weight excluding hydrogens is 268 g/mol. The van der Waals surface area contributed by atoms with Crippen LogP contribution in [0.2, 0.25) is 0 Å². The van der Waals surface area contributed by atoms with Crippen LogP contribution in [0.5, 0.6) is 0 Å². The number of thiophene rings is 1. The fourth-order valence-electron chi connectivity index (χ4n) is 2.92. The van der Waals surface area contributed by atoms with Crippen molar-refractivity contribution in [1.82, 2.24) is 4.90 Å². The van der Waals surface area contributed by atoms with Gasteiger partial charge in [0.2, 0.25) is 0 Å². The molecule has 2 heterocycles. The lowest BCUT2D eigenvalue weighted by Crippen LogP contribution is -2.39. The van der Waals surface area contributed by atoms with Gasteiger partial charge in [-0.25, -0.2) is 0 Å². The van der Waals surface area contributed by atoms with Crippen molar-refractivity contribution < 1.29 is 4.79 Å². The molecular formula is C16H18N2OS. The summed E-state index contributed by atoms with van der Waals surface area (Å²) in [5, 5.41) is 2.13. The third-order valence-corrected chi connectivity index (χ3v) is 4.87. The Balaban J connectivity index is 1.92. The van der Waals surface area contributed by atoms with E-state index in [1.54, 1.807) is 23.5 Å². The molecule has 3 nitrogen and oxygen atoms in total. The van der Waals surface area contributed by atoms with Gasteiger partial charge in [-0.15, -0.1) is 11.3 Å². The van der Waals surface area contributed by atoms with Crippen molar-refractivity contribution in [1.29, 1.82) is 0 Å². The van der Waals surface area contributed by atoms with E-state index in [0.29, 0.717) is 11.3 Å². The Morgan fingerprint density at radius 1 is 1.45 bits per heavy atom. The van der Waals surface area contributed by atoms with E-state index in [0.717, 1.165) is 19.4 Å². The van der Waals surface area contributed by atoms with Crippen molar-refractivity contribution in [3.05, 3.63) is 51.7 Å². The number of anilines is 1. The van der Waals surface area contributed by atoms with Gasteiger partial charge in [0.1, 0.15) is 0 Å². The molecule has 0 aliphatic carbocycles. The van der Waals surface area contributed by atoms with Gasteiger partial charge in [0.25, 0.3) is 5.91 Å². The summed E-state index contributed by atoms with van der Waals surface area (Å²) in [5.74, 6) is 0.0843. The second-order valence-electron chi connectivity index (χ2n) is 5.10. The average Bonchev–Trinajstić information content (AvgIpc) is 2.93. The highest BCUT2D eigenvalue weighted by molar-refractivity contribution is 7.10.